The molecular weight excluding hydrogens is 663 g/mol. The van der Waals surface area contributed by atoms with Gasteiger partial charge in [0.25, 0.3) is 5.78 Å². The zero-order chi connectivity index (χ0) is 35.9. The Kier molecular flexibility index (Phi) is 7.70. The topological polar surface area (TPSA) is 145 Å². The molecule has 4 aromatic carbocycles. The van der Waals surface area contributed by atoms with Crippen molar-refractivity contribution in [1.29, 1.82) is 5.41 Å². The van der Waals surface area contributed by atoms with Gasteiger partial charge in [0.15, 0.2) is 0 Å². The van der Waals surface area contributed by atoms with Crippen molar-refractivity contribution in [1.82, 2.24) is 44.1 Å². The number of hydrogen-bond acceptors (Lipinski definition) is 10. The largest absolute Gasteiger partial charge is 0.361 e. The Morgan fingerprint density at radius 2 is 1.45 bits per heavy atom. The highest BCUT2D eigenvalue weighted by atomic mass is 15.3. The monoisotopic (exact) mass is 693 g/mol. The molecule has 0 radical (unpaired) electrons. The number of benzene rings is 4. The van der Waals surface area contributed by atoms with E-state index < -0.39 is 0 Å². The van der Waals surface area contributed by atoms with Gasteiger partial charge in [0.1, 0.15) is 30.6 Å². The standard InChI is InChI=1S/C40H31N13/c1-50(30-10-7-9-26(18-30)34-13-8-16-44-34)37-32-11-3-5-14-35(32)52(39(41)47-37)24-45-29-17-27(28-21-42-23-43-22-28)19-31(20-29)51(2)38-33-12-4-6-15-36(33)53-25-46-49-40(53)48-38/h3-25,41,44H,1-2H3. The number of aromatic nitrogens is 9. The fraction of sp³-hybridized carbons (Fsp3) is 0.0500. The molecule has 5 heterocycles. The second kappa shape index (κ2) is 13.0. The summed E-state index contributed by atoms with van der Waals surface area (Å²) >= 11 is 0. The van der Waals surface area contributed by atoms with E-state index in [9.17, 15) is 0 Å². The maximum Gasteiger partial charge on any atom is 0.257 e. The Morgan fingerprint density at radius 1 is 0.717 bits per heavy atom. The third-order valence-electron chi connectivity index (χ3n) is 9.27. The smallest absolute Gasteiger partial charge is 0.257 e. The van der Waals surface area contributed by atoms with Crippen LogP contribution in [0, 0.1) is 5.41 Å². The van der Waals surface area contributed by atoms with E-state index in [1.54, 1.807) is 29.6 Å². The zero-order valence-electron chi connectivity index (χ0n) is 28.7. The van der Waals surface area contributed by atoms with E-state index in [-0.39, 0.29) is 5.62 Å². The average molecular weight is 694 g/mol. The molecule has 9 aromatic rings. The van der Waals surface area contributed by atoms with Crippen LogP contribution in [0.1, 0.15) is 0 Å². The van der Waals surface area contributed by atoms with Gasteiger partial charge in [0.05, 0.1) is 16.7 Å². The van der Waals surface area contributed by atoms with Crippen molar-refractivity contribution in [3.63, 3.8) is 0 Å². The lowest BCUT2D eigenvalue weighted by molar-refractivity contribution is 0.918. The molecule has 256 valence electrons. The van der Waals surface area contributed by atoms with E-state index in [4.69, 9.17) is 20.4 Å². The van der Waals surface area contributed by atoms with Gasteiger partial charge in [-0.05, 0) is 77.9 Å². The Morgan fingerprint density at radius 3 is 2.26 bits per heavy atom. The van der Waals surface area contributed by atoms with Gasteiger partial charge in [-0.15, -0.1) is 10.2 Å². The van der Waals surface area contributed by atoms with Crippen LogP contribution in [-0.2, 0) is 0 Å². The van der Waals surface area contributed by atoms with Crippen LogP contribution in [0.2, 0.25) is 0 Å². The molecule has 53 heavy (non-hydrogen) atoms. The van der Waals surface area contributed by atoms with Crippen molar-refractivity contribution in [2.75, 3.05) is 23.9 Å². The maximum absolute atomic E-state index is 9.08. The second-order valence-corrected chi connectivity index (χ2v) is 12.5. The summed E-state index contributed by atoms with van der Waals surface area (Å²) in [4.78, 5) is 30.4. The summed E-state index contributed by atoms with van der Waals surface area (Å²) in [6.45, 7) is 0. The number of fused-ring (bicyclic) bond motifs is 4. The van der Waals surface area contributed by atoms with Crippen molar-refractivity contribution in [2.24, 2.45) is 4.99 Å². The lowest BCUT2D eigenvalue weighted by Crippen LogP contribution is -2.26. The SMILES string of the molecule is CN(c1cccc(-c2ccc[nH]2)c1)c1nc(=N)n(C=Nc2cc(-c3cncnc3)cc(N(C)c3nc4nncn4c4ccccc34)c2)c2ccccc12. The predicted octanol–water partition coefficient (Wildman–Crippen LogP) is 7.30. The number of para-hydroxylation sites is 2. The van der Waals surface area contributed by atoms with Crippen LogP contribution in [-0.4, -0.2) is 64.5 Å². The quantitative estimate of drug-likeness (QED) is 0.125. The first kappa shape index (κ1) is 31.4. The highest BCUT2D eigenvalue weighted by Gasteiger charge is 2.17. The second-order valence-electron chi connectivity index (χ2n) is 12.5. The normalized spacial score (nSPS) is 11.6. The molecule has 0 atom stereocenters. The lowest BCUT2D eigenvalue weighted by atomic mass is 10.1. The average Bonchev–Trinajstić information content (AvgIpc) is 3.93. The van der Waals surface area contributed by atoms with Gasteiger partial charge in [0.2, 0.25) is 5.62 Å². The molecule has 0 aliphatic heterocycles. The summed E-state index contributed by atoms with van der Waals surface area (Å²) in [5.41, 5.74) is 7.99. The molecule has 0 aliphatic carbocycles. The van der Waals surface area contributed by atoms with Gasteiger partial charge >= 0.3 is 0 Å². The molecule has 9 rings (SSSR count). The number of anilines is 4. The van der Waals surface area contributed by atoms with E-state index in [1.807, 2.05) is 119 Å². The van der Waals surface area contributed by atoms with Crippen molar-refractivity contribution in [2.45, 2.75) is 0 Å². The fourth-order valence-corrected chi connectivity index (χ4v) is 6.57. The number of nitrogens with zero attached hydrogens (tertiary/aromatic N) is 11. The molecule has 0 saturated carbocycles. The minimum Gasteiger partial charge on any atom is -0.361 e. The van der Waals surface area contributed by atoms with E-state index >= 15 is 0 Å². The van der Waals surface area contributed by atoms with E-state index in [2.05, 4.69) is 43.3 Å². The minimum atomic E-state index is 0.0389. The van der Waals surface area contributed by atoms with Crippen LogP contribution >= 0.6 is 0 Å². The van der Waals surface area contributed by atoms with Gasteiger partial charge < -0.3 is 14.8 Å². The van der Waals surface area contributed by atoms with Crippen LogP contribution < -0.4 is 15.4 Å². The molecule has 0 saturated heterocycles. The molecule has 13 nitrogen and oxygen atoms in total. The van der Waals surface area contributed by atoms with E-state index in [1.165, 1.54) is 6.33 Å². The zero-order valence-corrected chi connectivity index (χ0v) is 28.7. The van der Waals surface area contributed by atoms with Crippen molar-refractivity contribution >= 4 is 62.6 Å². The molecule has 2 N–H and O–H groups in total. The van der Waals surface area contributed by atoms with Crippen molar-refractivity contribution in [3.8, 4) is 22.4 Å². The number of H-pyrrole nitrogens is 1. The third kappa shape index (κ3) is 5.71. The number of nitrogens with one attached hydrogen (secondary N) is 2. The molecular formula is C40H31N13. The lowest BCUT2D eigenvalue weighted by Gasteiger charge is -2.22. The van der Waals surface area contributed by atoms with Crippen molar-refractivity contribution in [3.05, 3.63) is 140 Å². The van der Waals surface area contributed by atoms with Crippen LogP contribution in [0.25, 0.3) is 50.0 Å². The predicted molar refractivity (Wildman–Crippen MR) is 207 cm³/mol. The minimum absolute atomic E-state index is 0.0389. The van der Waals surface area contributed by atoms with Gasteiger partial charge in [0, 0.05) is 66.1 Å². The first-order chi connectivity index (χ1) is 26.0. The molecule has 0 spiro atoms. The molecule has 0 amide bonds. The van der Waals surface area contributed by atoms with Gasteiger partial charge in [-0.2, -0.15) is 9.97 Å². The number of hydrogen-bond donors (Lipinski definition) is 2. The Bertz CT molecular complexity index is 2860. The molecule has 0 unspecified atom stereocenters. The number of aliphatic imine (C=N–C) groups is 1. The molecule has 0 fully saturated rings. The molecule has 0 bridgehead atoms. The highest BCUT2D eigenvalue weighted by molar-refractivity contribution is 5.96. The summed E-state index contributed by atoms with van der Waals surface area (Å²) in [6.07, 6.45) is 10.3. The molecule has 13 heteroatoms. The maximum atomic E-state index is 9.08. The summed E-state index contributed by atoms with van der Waals surface area (Å²) in [5.74, 6) is 1.88. The fourth-order valence-electron chi connectivity index (χ4n) is 6.57. The first-order valence-electron chi connectivity index (χ1n) is 16.8. The van der Waals surface area contributed by atoms with Gasteiger partial charge in [-0.25, -0.2) is 15.0 Å². The Hall–Kier alpha value is -7.54. The van der Waals surface area contributed by atoms with Crippen LogP contribution in [0.5, 0.6) is 0 Å². The summed E-state index contributed by atoms with van der Waals surface area (Å²) in [5, 5.41) is 19.2. The first-order valence-corrected chi connectivity index (χ1v) is 16.8. The molecule has 5 aromatic heterocycles. The Balaban J connectivity index is 1.13. The van der Waals surface area contributed by atoms with Crippen LogP contribution in [0.4, 0.5) is 28.7 Å². The Labute approximate surface area is 302 Å². The van der Waals surface area contributed by atoms with Gasteiger partial charge in [-0.3, -0.25) is 14.4 Å². The van der Waals surface area contributed by atoms with E-state index in [0.717, 1.165) is 55.6 Å². The highest BCUT2D eigenvalue weighted by Crippen LogP contribution is 2.36. The summed E-state index contributed by atoms with van der Waals surface area (Å²) in [7, 11) is 3.93. The number of rotatable bonds is 8. The van der Waals surface area contributed by atoms with Crippen molar-refractivity contribution < 1.29 is 0 Å². The number of aromatic amines is 1. The third-order valence-corrected chi connectivity index (χ3v) is 9.27. The van der Waals surface area contributed by atoms with Crippen LogP contribution in [0.15, 0.2) is 139 Å². The van der Waals surface area contributed by atoms with Crippen LogP contribution in [0.3, 0.4) is 0 Å². The summed E-state index contributed by atoms with van der Waals surface area (Å²) in [6, 6.07) is 34.2. The summed E-state index contributed by atoms with van der Waals surface area (Å²) < 4.78 is 3.57. The van der Waals surface area contributed by atoms with Gasteiger partial charge in [-0.1, -0.05) is 36.4 Å². The van der Waals surface area contributed by atoms with E-state index in [0.29, 0.717) is 23.1 Å². The molecule has 0 aliphatic rings.